The summed E-state index contributed by atoms with van der Waals surface area (Å²) in [6.07, 6.45) is 3.18. The monoisotopic (exact) mass is 317 g/mol. The molecule has 23 heavy (non-hydrogen) atoms. The molecular weight excluding hydrogens is 290 g/mol. The van der Waals surface area contributed by atoms with Crippen molar-refractivity contribution in [2.75, 3.05) is 29.9 Å². The molecule has 0 aromatic heterocycles. The van der Waals surface area contributed by atoms with Crippen molar-refractivity contribution in [1.82, 2.24) is 5.32 Å². The third-order valence-electron chi connectivity index (χ3n) is 4.21. The van der Waals surface area contributed by atoms with E-state index in [0.717, 1.165) is 43.7 Å². The summed E-state index contributed by atoms with van der Waals surface area (Å²) in [4.78, 5) is 25.8. The summed E-state index contributed by atoms with van der Waals surface area (Å²) in [5.74, 6) is 0.378. The van der Waals surface area contributed by atoms with E-state index in [1.165, 1.54) is 0 Å². The zero-order valence-electron chi connectivity index (χ0n) is 14.1. The number of nitrogens with zero attached hydrogens (tertiary/aromatic N) is 1. The molecule has 0 bridgehead atoms. The molecule has 0 atom stereocenters. The highest BCUT2D eigenvalue weighted by Crippen LogP contribution is 2.24. The Morgan fingerprint density at radius 3 is 2.35 bits per heavy atom. The van der Waals surface area contributed by atoms with E-state index >= 15 is 0 Å². The molecule has 1 aromatic rings. The van der Waals surface area contributed by atoms with E-state index in [2.05, 4.69) is 15.5 Å². The summed E-state index contributed by atoms with van der Waals surface area (Å²) in [6, 6.07) is 7.96. The van der Waals surface area contributed by atoms with Crippen molar-refractivity contribution in [3.63, 3.8) is 0 Å². The van der Waals surface area contributed by atoms with Crippen molar-refractivity contribution >= 4 is 23.2 Å². The molecule has 1 aliphatic rings. The Morgan fingerprint density at radius 1 is 1.13 bits per heavy atom. The number of carbonyl (C=O) groups is 2. The van der Waals surface area contributed by atoms with Gasteiger partial charge in [-0.25, -0.2) is 0 Å². The quantitative estimate of drug-likeness (QED) is 0.848. The standard InChI is InChI=1S/C18H27N3O2/c1-3-5-17(22)20-15-6-8-16(9-7-15)21-12-10-14(11-13-21)18(23)19-4-2/h6-9,14H,3-5,10-13H2,1-2H3,(H,19,23)(H,20,22). The summed E-state index contributed by atoms with van der Waals surface area (Å²) in [6.45, 7) is 6.43. The molecule has 0 radical (unpaired) electrons. The summed E-state index contributed by atoms with van der Waals surface area (Å²) in [7, 11) is 0. The van der Waals surface area contributed by atoms with Gasteiger partial charge in [-0.3, -0.25) is 9.59 Å². The second-order valence-electron chi connectivity index (χ2n) is 6.00. The number of nitrogens with one attached hydrogen (secondary N) is 2. The van der Waals surface area contributed by atoms with Crippen LogP contribution in [0.2, 0.25) is 0 Å². The van der Waals surface area contributed by atoms with Gasteiger partial charge in [0.25, 0.3) is 0 Å². The Hall–Kier alpha value is -2.04. The average molecular weight is 317 g/mol. The van der Waals surface area contributed by atoms with Crippen LogP contribution in [-0.2, 0) is 9.59 Å². The molecule has 5 nitrogen and oxygen atoms in total. The van der Waals surface area contributed by atoms with Crippen LogP contribution in [0.3, 0.4) is 0 Å². The Balaban J connectivity index is 1.86. The molecule has 2 N–H and O–H groups in total. The van der Waals surface area contributed by atoms with Crippen molar-refractivity contribution in [2.24, 2.45) is 5.92 Å². The molecule has 1 fully saturated rings. The number of hydrogen-bond acceptors (Lipinski definition) is 3. The van der Waals surface area contributed by atoms with Crippen LogP contribution < -0.4 is 15.5 Å². The summed E-state index contributed by atoms with van der Waals surface area (Å²) >= 11 is 0. The first kappa shape index (κ1) is 17.3. The van der Waals surface area contributed by atoms with Crippen molar-refractivity contribution in [2.45, 2.75) is 39.5 Å². The summed E-state index contributed by atoms with van der Waals surface area (Å²) in [5, 5.41) is 5.81. The van der Waals surface area contributed by atoms with Gasteiger partial charge in [0.05, 0.1) is 0 Å². The molecule has 0 saturated carbocycles. The first-order valence-electron chi connectivity index (χ1n) is 8.56. The molecule has 1 aromatic carbocycles. The van der Waals surface area contributed by atoms with Crippen molar-refractivity contribution in [3.8, 4) is 0 Å². The number of hydrogen-bond donors (Lipinski definition) is 2. The van der Waals surface area contributed by atoms with E-state index in [1.807, 2.05) is 38.1 Å². The Morgan fingerprint density at radius 2 is 1.78 bits per heavy atom. The lowest BCUT2D eigenvalue weighted by Crippen LogP contribution is -2.40. The van der Waals surface area contributed by atoms with E-state index in [9.17, 15) is 9.59 Å². The predicted octanol–water partition coefficient (Wildman–Crippen LogP) is 2.78. The van der Waals surface area contributed by atoms with Gasteiger partial charge in [-0.1, -0.05) is 6.92 Å². The predicted molar refractivity (Wildman–Crippen MR) is 93.6 cm³/mol. The smallest absolute Gasteiger partial charge is 0.224 e. The lowest BCUT2D eigenvalue weighted by atomic mass is 9.95. The largest absolute Gasteiger partial charge is 0.371 e. The zero-order valence-corrected chi connectivity index (χ0v) is 14.1. The van der Waals surface area contributed by atoms with Gasteiger partial charge in [0.2, 0.25) is 11.8 Å². The van der Waals surface area contributed by atoms with Crippen LogP contribution in [0.25, 0.3) is 0 Å². The van der Waals surface area contributed by atoms with E-state index in [1.54, 1.807) is 0 Å². The fourth-order valence-electron chi connectivity index (χ4n) is 2.92. The topological polar surface area (TPSA) is 61.4 Å². The van der Waals surface area contributed by atoms with Crippen molar-refractivity contribution < 1.29 is 9.59 Å². The van der Waals surface area contributed by atoms with Gasteiger partial charge < -0.3 is 15.5 Å². The minimum absolute atomic E-state index is 0.0583. The van der Waals surface area contributed by atoms with Crippen molar-refractivity contribution in [1.29, 1.82) is 0 Å². The highest BCUT2D eigenvalue weighted by atomic mass is 16.2. The second kappa shape index (κ2) is 8.56. The molecule has 0 spiro atoms. The third-order valence-corrected chi connectivity index (χ3v) is 4.21. The average Bonchev–Trinajstić information content (AvgIpc) is 2.56. The van der Waals surface area contributed by atoms with Crippen LogP contribution >= 0.6 is 0 Å². The first-order valence-corrected chi connectivity index (χ1v) is 8.56. The van der Waals surface area contributed by atoms with Crippen molar-refractivity contribution in [3.05, 3.63) is 24.3 Å². The second-order valence-corrected chi connectivity index (χ2v) is 6.00. The Bertz CT molecular complexity index is 520. The molecule has 1 aliphatic heterocycles. The minimum atomic E-state index is 0.0583. The van der Waals surface area contributed by atoms with Gasteiger partial charge in [-0.2, -0.15) is 0 Å². The molecule has 126 valence electrons. The normalized spacial score (nSPS) is 15.3. The Labute approximate surface area is 138 Å². The van der Waals surface area contributed by atoms with Gasteiger partial charge in [0, 0.05) is 43.3 Å². The van der Waals surface area contributed by atoms with Crippen LogP contribution in [0.15, 0.2) is 24.3 Å². The van der Waals surface area contributed by atoms with Gasteiger partial charge in [-0.15, -0.1) is 0 Å². The third kappa shape index (κ3) is 4.98. The van der Waals surface area contributed by atoms with E-state index in [4.69, 9.17) is 0 Å². The molecule has 0 aliphatic carbocycles. The lowest BCUT2D eigenvalue weighted by molar-refractivity contribution is -0.125. The molecule has 2 amide bonds. The van der Waals surface area contributed by atoms with Gasteiger partial charge in [0.1, 0.15) is 0 Å². The fraction of sp³-hybridized carbons (Fsp3) is 0.556. The maximum Gasteiger partial charge on any atom is 0.224 e. The molecule has 5 heteroatoms. The number of anilines is 2. The maximum atomic E-state index is 11.9. The fourth-order valence-corrected chi connectivity index (χ4v) is 2.92. The minimum Gasteiger partial charge on any atom is -0.371 e. The summed E-state index contributed by atoms with van der Waals surface area (Å²) in [5.41, 5.74) is 1.98. The van der Waals surface area contributed by atoms with E-state index in [-0.39, 0.29) is 17.7 Å². The first-order chi connectivity index (χ1) is 11.1. The lowest BCUT2D eigenvalue weighted by Gasteiger charge is -2.33. The number of benzene rings is 1. The number of piperidine rings is 1. The number of amides is 2. The highest BCUT2D eigenvalue weighted by Gasteiger charge is 2.24. The van der Waals surface area contributed by atoms with Gasteiger partial charge >= 0.3 is 0 Å². The summed E-state index contributed by atoms with van der Waals surface area (Å²) < 4.78 is 0. The van der Waals surface area contributed by atoms with Crippen LogP contribution in [-0.4, -0.2) is 31.4 Å². The maximum absolute atomic E-state index is 11.9. The van der Waals surface area contributed by atoms with E-state index < -0.39 is 0 Å². The molecule has 1 heterocycles. The molecular formula is C18H27N3O2. The van der Waals surface area contributed by atoms with Crippen LogP contribution in [0.5, 0.6) is 0 Å². The number of carbonyl (C=O) groups excluding carboxylic acids is 2. The van der Waals surface area contributed by atoms with Crippen LogP contribution in [0, 0.1) is 5.92 Å². The van der Waals surface area contributed by atoms with Crippen LogP contribution in [0.4, 0.5) is 11.4 Å². The van der Waals surface area contributed by atoms with Gasteiger partial charge in [0.15, 0.2) is 0 Å². The zero-order chi connectivity index (χ0) is 16.7. The molecule has 2 rings (SSSR count). The van der Waals surface area contributed by atoms with E-state index in [0.29, 0.717) is 13.0 Å². The number of rotatable bonds is 6. The SMILES string of the molecule is CCCC(=O)Nc1ccc(N2CCC(C(=O)NCC)CC2)cc1. The highest BCUT2D eigenvalue weighted by molar-refractivity contribution is 5.90. The molecule has 1 saturated heterocycles. The Kier molecular flexibility index (Phi) is 6.44. The van der Waals surface area contributed by atoms with Crippen LogP contribution in [0.1, 0.15) is 39.5 Å². The molecule has 0 unspecified atom stereocenters. The van der Waals surface area contributed by atoms with Gasteiger partial charge in [-0.05, 0) is 50.5 Å².